The molecule has 2 aromatic carbocycles. The van der Waals surface area contributed by atoms with Crippen LogP contribution in [0.2, 0.25) is 5.02 Å². The molecule has 4 aliphatic rings. The fourth-order valence-electron chi connectivity index (χ4n) is 7.22. The summed E-state index contributed by atoms with van der Waals surface area (Å²) in [4.78, 5) is 30.0. The zero-order valence-corrected chi connectivity index (χ0v) is 23.9. The summed E-state index contributed by atoms with van der Waals surface area (Å²) < 4.78 is 6.25. The number of piperazine rings is 1. The summed E-state index contributed by atoms with van der Waals surface area (Å²) in [6.45, 7) is 3.81. The Balaban J connectivity index is 1.23. The van der Waals surface area contributed by atoms with E-state index in [4.69, 9.17) is 26.3 Å². The summed E-state index contributed by atoms with van der Waals surface area (Å²) in [5, 5.41) is 23.3. The van der Waals surface area contributed by atoms with Gasteiger partial charge in [-0.15, -0.1) is 0 Å². The highest BCUT2D eigenvalue weighted by Gasteiger charge is 2.49. The number of aliphatic hydroxyl groups is 1. The van der Waals surface area contributed by atoms with Gasteiger partial charge in [0, 0.05) is 42.3 Å². The number of halogens is 1. The molecule has 3 saturated heterocycles. The second-order valence-electron chi connectivity index (χ2n) is 11.7. The molecule has 3 fully saturated rings. The number of likely N-dealkylation sites (tertiary alicyclic amines) is 1. The van der Waals surface area contributed by atoms with Crippen LogP contribution in [0.15, 0.2) is 36.4 Å². The minimum Gasteiger partial charge on any atom is -0.465 e. The molecule has 1 amide bonds. The maximum Gasteiger partial charge on any atom is 0.408 e. The number of likely N-dealkylation sites (N-methyl/N-ethyl adjacent to an activating group) is 1. The van der Waals surface area contributed by atoms with Gasteiger partial charge in [0.15, 0.2) is 0 Å². The number of amides is 1. The molecular formula is C30H35ClN6O4. The van der Waals surface area contributed by atoms with E-state index >= 15 is 0 Å². The lowest BCUT2D eigenvalue weighted by atomic mass is 10.0. The molecule has 0 unspecified atom stereocenters. The number of aromatic nitrogens is 2. The van der Waals surface area contributed by atoms with Gasteiger partial charge in [0.2, 0.25) is 0 Å². The predicted molar refractivity (Wildman–Crippen MR) is 157 cm³/mol. The van der Waals surface area contributed by atoms with Crippen molar-refractivity contribution >= 4 is 40.0 Å². The number of benzene rings is 2. The minimum atomic E-state index is -0.977. The SMILES string of the molecule is CN1CCC[C@H]1COc1nc2c(c(N3C[C@@H]4C[C@@H](O)[C@H](C3)N4C(=O)O)n1)CCN(c1cccc3cccc(Cl)c13)C2. The largest absolute Gasteiger partial charge is 0.465 e. The van der Waals surface area contributed by atoms with Gasteiger partial charge >= 0.3 is 12.1 Å². The first-order chi connectivity index (χ1) is 19.9. The third-order valence-electron chi connectivity index (χ3n) is 9.34. The topological polar surface area (TPSA) is 106 Å². The highest BCUT2D eigenvalue weighted by molar-refractivity contribution is 6.36. The molecule has 5 heterocycles. The number of carbonyl (C=O) groups is 1. The van der Waals surface area contributed by atoms with Gasteiger partial charge in [0.25, 0.3) is 0 Å². The molecule has 0 aliphatic carbocycles. The highest BCUT2D eigenvalue weighted by atomic mass is 35.5. The Kier molecular flexibility index (Phi) is 6.79. The lowest BCUT2D eigenvalue weighted by Gasteiger charge is -2.41. The van der Waals surface area contributed by atoms with Crippen molar-refractivity contribution in [3.8, 4) is 6.01 Å². The van der Waals surface area contributed by atoms with E-state index < -0.39 is 18.2 Å². The Bertz CT molecular complexity index is 1480. The Morgan fingerprint density at radius 2 is 1.95 bits per heavy atom. The molecule has 0 spiro atoms. The summed E-state index contributed by atoms with van der Waals surface area (Å²) in [6, 6.07) is 12.2. The molecule has 1 aromatic heterocycles. The zero-order valence-electron chi connectivity index (χ0n) is 23.1. The molecule has 4 atom stereocenters. The van der Waals surface area contributed by atoms with Gasteiger partial charge < -0.3 is 29.6 Å². The van der Waals surface area contributed by atoms with Crippen LogP contribution in [0, 0.1) is 0 Å². The van der Waals surface area contributed by atoms with Crippen molar-refractivity contribution in [1.82, 2.24) is 19.8 Å². The molecule has 0 radical (unpaired) electrons. The quantitative estimate of drug-likeness (QED) is 0.469. The van der Waals surface area contributed by atoms with Crippen LogP contribution < -0.4 is 14.5 Å². The molecule has 0 saturated carbocycles. The van der Waals surface area contributed by atoms with Crippen LogP contribution in [0.5, 0.6) is 6.01 Å². The number of rotatable bonds is 5. The first-order valence-electron chi connectivity index (χ1n) is 14.5. The molecular weight excluding hydrogens is 544 g/mol. The summed E-state index contributed by atoms with van der Waals surface area (Å²) in [5.74, 6) is 0.800. The van der Waals surface area contributed by atoms with Crippen LogP contribution in [-0.4, -0.2) is 100 Å². The molecule has 4 aliphatic heterocycles. The number of hydrogen-bond donors (Lipinski definition) is 2. The third kappa shape index (κ3) is 4.71. The van der Waals surface area contributed by atoms with E-state index in [1.54, 1.807) is 0 Å². The van der Waals surface area contributed by atoms with Crippen LogP contribution in [0.4, 0.5) is 16.3 Å². The third-order valence-corrected chi connectivity index (χ3v) is 9.65. The van der Waals surface area contributed by atoms with Crippen molar-refractivity contribution in [1.29, 1.82) is 0 Å². The van der Waals surface area contributed by atoms with Crippen LogP contribution in [-0.2, 0) is 13.0 Å². The summed E-state index contributed by atoms with van der Waals surface area (Å²) in [6.07, 6.45) is 1.75. The van der Waals surface area contributed by atoms with Crippen LogP contribution in [0.25, 0.3) is 10.8 Å². The fourth-order valence-corrected chi connectivity index (χ4v) is 7.50. The first-order valence-corrected chi connectivity index (χ1v) is 14.8. The maximum absolute atomic E-state index is 11.9. The Labute approximate surface area is 244 Å². The van der Waals surface area contributed by atoms with E-state index in [2.05, 4.69) is 46.0 Å². The second kappa shape index (κ2) is 10.5. The van der Waals surface area contributed by atoms with Gasteiger partial charge in [-0.1, -0.05) is 35.9 Å². The summed E-state index contributed by atoms with van der Waals surface area (Å²) in [7, 11) is 2.12. The number of carboxylic acid groups (broad SMARTS) is 1. The van der Waals surface area contributed by atoms with E-state index in [9.17, 15) is 15.0 Å². The summed E-state index contributed by atoms with van der Waals surface area (Å²) >= 11 is 6.68. The van der Waals surface area contributed by atoms with E-state index in [1.165, 1.54) is 4.90 Å². The molecule has 2 bridgehead atoms. The first kappa shape index (κ1) is 26.6. The van der Waals surface area contributed by atoms with Gasteiger partial charge in [0.1, 0.15) is 12.4 Å². The minimum absolute atomic E-state index is 0.277. The average molecular weight is 579 g/mol. The smallest absolute Gasteiger partial charge is 0.408 e. The Morgan fingerprint density at radius 1 is 1.12 bits per heavy atom. The Hall–Kier alpha value is -3.34. The lowest BCUT2D eigenvalue weighted by Crippen LogP contribution is -2.57. The van der Waals surface area contributed by atoms with Gasteiger partial charge in [-0.25, -0.2) is 4.79 Å². The van der Waals surface area contributed by atoms with Crippen LogP contribution in [0.3, 0.4) is 0 Å². The molecule has 7 rings (SSSR count). The number of nitrogens with zero attached hydrogens (tertiary/aromatic N) is 6. The van der Waals surface area contributed by atoms with Gasteiger partial charge in [-0.3, -0.25) is 4.90 Å². The number of aliphatic hydroxyl groups excluding tert-OH is 1. The number of anilines is 2. The van der Waals surface area contributed by atoms with E-state index in [-0.39, 0.29) is 6.04 Å². The zero-order chi connectivity index (χ0) is 28.2. The number of fused-ring (bicyclic) bond motifs is 4. The van der Waals surface area contributed by atoms with Crippen molar-refractivity contribution in [3.63, 3.8) is 0 Å². The van der Waals surface area contributed by atoms with Crippen molar-refractivity contribution in [2.45, 2.75) is 56.5 Å². The van der Waals surface area contributed by atoms with E-state index in [0.717, 1.165) is 70.9 Å². The van der Waals surface area contributed by atoms with E-state index in [0.29, 0.717) is 44.7 Å². The van der Waals surface area contributed by atoms with Crippen LogP contribution >= 0.6 is 11.6 Å². The molecule has 10 nitrogen and oxygen atoms in total. The average Bonchev–Trinajstić information content (AvgIpc) is 3.47. The predicted octanol–water partition coefficient (Wildman–Crippen LogP) is 3.62. The molecule has 41 heavy (non-hydrogen) atoms. The second-order valence-corrected chi connectivity index (χ2v) is 12.2. The summed E-state index contributed by atoms with van der Waals surface area (Å²) in [5.41, 5.74) is 3.05. The highest BCUT2D eigenvalue weighted by Crippen LogP contribution is 2.39. The number of hydrogen-bond acceptors (Lipinski definition) is 8. The fraction of sp³-hybridized carbons (Fsp3) is 0.500. The van der Waals surface area contributed by atoms with Gasteiger partial charge in [0.05, 0.1) is 35.4 Å². The van der Waals surface area contributed by atoms with Crippen molar-refractivity contribution in [3.05, 3.63) is 52.7 Å². The van der Waals surface area contributed by atoms with Gasteiger partial charge in [-0.05, 0) is 56.8 Å². The van der Waals surface area contributed by atoms with Crippen molar-refractivity contribution in [2.24, 2.45) is 0 Å². The normalized spacial score (nSPS) is 26.1. The van der Waals surface area contributed by atoms with E-state index in [1.807, 2.05) is 12.1 Å². The number of ether oxygens (including phenoxy) is 1. The monoisotopic (exact) mass is 578 g/mol. The van der Waals surface area contributed by atoms with Crippen LogP contribution in [0.1, 0.15) is 30.5 Å². The molecule has 216 valence electrons. The standard InChI is InChI=1S/C30H35ClN6O4/c1-34-11-4-7-19(34)17-41-29-32-23-15-35(24-9-3-6-18-5-2-8-22(31)27(18)24)12-10-21(23)28(33-29)36-14-20-13-26(38)25(16-36)37(20)30(39)40/h2-3,5-6,8-9,19-20,25-26,38H,4,7,10-17H2,1H3,(H,39,40)/t19-,20-,25-,26+/m0/s1. The van der Waals surface area contributed by atoms with Gasteiger partial charge in [-0.2, -0.15) is 9.97 Å². The Morgan fingerprint density at radius 3 is 2.71 bits per heavy atom. The molecule has 11 heteroatoms. The van der Waals surface area contributed by atoms with Crippen molar-refractivity contribution in [2.75, 3.05) is 49.6 Å². The molecule has 3 aromatic rings. The maximum atomic E-state index is 11.9. The molecule has 2 N–H and O–H groups in total. The van der Waals surface area contributed by atoms with Crippen molar-refractivity contribution < 1.29 is 19.7 Å². The lowest BCUT2D eigenvalue weighted by molar-refractivity contribution is 0.0866.